The van der Waals surface area contributed by atoms with Crippen LogP contribution in [0.5, 0.6) is 0 Å². The highest BCUT2D eigenvalue weighted by Gasteiger charge is 2.15. The van der Waals surface area contributed by atoms with Crippen molar-refractivity contribution in [1.82, 2.24) is 10.6 Å². The van der Waals surface area contributed by atoms with Crippen molar-refractivity contribution in [2.75, 3.05) is 11.0 Å². The van der Waals surface area contributed by atoms with E-state index in [1.54, 1.807) is 6.07 Å². The maximum atomic E-state index is 14.2. The Hall–Kier alpha value is -2.97. The Morgan fingerprint density at radius 2 is 1.53 bits per heavy atom. The Bertz CT molecular complexity index is 1070. The molecule has 0 aliphatic rings. The summed E-state index contributed by atoms with van der Waals surface area (Å²) in [6, 6.07) is 24.1. The van der Waals surface area contributed by atoms with Crippen LogP contribution in [0.3, 0.4) is 0 Å². The number of nitrogens with one attached hydrogen (secondary N) is 3. The summed E-state index contributed by atoms with van der Waals surface area (Å²) in [5.74, 6) is -0.648. The minimum atomic E-state index is -3.54. The van der Waals surface area contributed by atoms with E-state index in [4.69, 9.17) is 12.2 Å². The largest absolute Gasteiger partial charge is 0.359 e. The first-order valence-corrected chi connectivity index (χ1v) is 11.5. The number of sulfonamides is 1. The van der Waals surface area contributed by atoms with Gasteiger partial charge in [-0.05, 0) is 41.0 Å². The monoisotopic (exact) mass is 443 g/mol. The minimum Gasteiger partial charge on any atom is -0.359 e. The second-order valence-electron chi connectivity index (χ2n) is 6.77. The van der Waals surface area contributed by atoms with Crippen molar-refractivity contribution in [2.24, 2.45) is 0 Å². The summed E-state index contributed by atoms with van der Waals surface area (Å²) in [6.45, 7) is 0.290. The zero-order chi connectivity index (χ0) is 21.6. The summed E-state index contributed by atoms with van der Waals surface area (Å²) in [6.07, 6.45) is 0.974. The molecule has 30 heavy (non-hydrogen) atoms. The predicted molar refractivity (Wildman–Crippen MR) is 122 cm³/mol. The highest BCUT2D eigenvalue weighted by molar-refractivity contribution is 7.92. The second-order valence-corrected chi connectivity index (χ2v) is 8.93. The first kappa shape index (κ1) is 21.7. The molecule has 0 unspecified atom stereocenters. The Morgan fingerprint density at radius 1 is 0.967 bits per heavy atom. The van der Waals surface area contributed by atoms with Gasteiger partial charge in [-0.3, -0.25) is 4.72 Å². The zero-order valence-corrected chi connectivity index (χ0v) is 17.9. The molecule has 0 saturated carbocycles. The Morgan fingerprint density at radius 3 is 2.03 bits per heavy atom. The number of rotatable bonds is 7. The summed E-state index contributed by atoms with van der Waals surface area (Å²) in [5, 5.41) is 6.81. The lowest BCUT2D eigenvalue weighted by atomic mass is 9.99. The van der Waals surface area contributed by atoms with E-state index in [0.717, 1.165) is 17.4 Å². The van der Waals surface area contributed by atoms with Crippen molar-refractivity contribution < 1.29 is 12.8 Å². The number of benzene rings is 3. The first-order chi connectivity index (χ1) is 14.3. The van der Waals surface area contributed by atoms with E-state index in [2.05, 4.69) is 15.4 Å². The molecule has 3 rings (SSSR count). The van der Waals surface area contributed by atoms with Crippen LogP contribution in [0, 0.1) is 5.82 Å². The van der Waals surface area contributed by atoms with Gasteiger partial charge >= 0.3 is 0 Å². The number of hydrogen-bond donors (Lipinski definition) is 3. The fraction of sp³-hybridized carbons (Fsp3) is 0.136. The lowest BCUT2D eigenvalue weighted by molar-refractivity contribution is 0.603. The van der Waals surface area contributed by atoms with Crippen molar-refractivity contribution in [2.45, 2.75) is 12.6 Å². The molecule has 0 fully saturated rings. The Labute approximate surface area is 181 Å². The minimum absolute atomic E-state index is 0.0878. The zero-order valence-electron chi connectivity index (χ0n) is 16.3. The molecule has 0 spiro atoms. The van der Waals surface area contributed by atoms with Gasteiger partial charge in [-0.1, -0.05) is 66.7 Å². The van der Waals surface area contributed by atoms with Crippen LogP contribution in [0.1, 0.15) is 22.7 Å². The third kappa shape index (κ3) is 6.27. The fourth-order valence-corrected chi connectivity index (χ4v) is 3.72. The third-order valence-corrected chi connectivity index (χ3v) is 5.18. The van der Waals surface area contributed by atoms with E-state index >= 15 is 0 Å². The van der Waals surface area contributed by atoms with Gasteiger partial charge in [0.15, 0.2) is 5.11 Å². The molecule has 156 valence electrons. The molecule has 8 heteroatoms. The maximum Gasteiger partial charge on any atom is 0.229 e. The second kappa shape index (κ2) is 9.69. The molecule has 5 nitrogen and oxygen atoms in total. The van der Waals surface area contributed by atoms with Crippen molar-refractivity contribution in [1.29, 1.82) is 0 Å². The van der Waals surface area contributed by atoms with Gasteiger partial charge < -0.3 is 10.6 Å². The number of halogens is 1. The quantitative estimate of drug-likeness (QED) is 0.483. The van der Waals surface area contributed by atoms with E-state index in [9.17, 15) is 12.8 Å². The lowest BCUT2D eigenvalue weighted by Crippen LogP contribution is -2.37. The maximum absolute atomic E-state index is 14.2. The van der Waals surface area contributed by atoms with Crippen LogP contribution >= 0.6 is 12.2 Å². The van der Waals surface area contributed by atoms with E-state index < -0.39 is 15.8 Å². The molecule has 0 radical (unpaired) electrons. The number of thiocarbonyl (C=S) groups is 1. The van der Waals surface area contributed by atoms with E-state index in [0.29, 0.717) is 10.7 Å². The van der Waals surface area contributed by atoms with E-state index in [1.807, 2.05) is 60.7 Å². The molecule has 0 saturated heterocycles. The fourth-order valence-electron chi connectivity index (χ4n) is 2.97. The lowest BCUT2D eigenvalue weighted by Gasteiger charge is -2.22. The molecule has 3 aromatic carbocycles. The van der Waals surface area contributed by atoms with Gasteiger partial charge in [-0.2, -0.15) is 0 Å². The van der Waals surface area contributed by atoms with Gasteiger partial charge in [-0.25, -0.2) is 12.8 Å². The standard InChI is InChI=1S/C22H22FN3O2S2/c1-30(27,28)26-20-13-12-16(14-19(20)23)15-24-22(29)25-21(17-8-4-2-5-9-17)18-10-6-3-7-11-18/h2-14,21,26H,15H2,1H3,(H2,24,25,29). The number of anilines is 1. The van der Waals surface area contributed by atoms with Gasteiger partial charge in [0.2, 0.25) is 10.0 Å². The third-order valence-electron chi connectivity index (χ3n) is 4.32. The topological polar surface area (TPSA) is 70.2 Å². The van der Waals surface area contributed by atoms with Crippen LogP contribution in [0.15, 0.2) is 78.9 Å². The van der Waals surface area contributed by atoms with Gasteiger partial charge in [0, 0.05) is 6.54 Å². The molecule has 3 aromatic rings. The molecule has 0 atom stereocenters. The van der Waals surface area contributed by atoms with Crippen LogP contribution in [-0.4, -0.2) is 19.8 Å². The van der Waals surface area contributed by atoms with Crippen LogP contribution < -0.4 is 15.4 Å². The van der Waals surface area contributed by atoms with Gasteiger partial charge in [0.05, 0.1) is 18.0 Å². The molecular formula is C22H22FN3O2S2. The summed E-state index contributed by atoms with van der Waals surface area (Å²) in [5.41, 5.74) is 2.67. The average molecular weight is 444 g/mol. The summed E-state index contributed by atoms with van der Waals surface area (Å²) in [7, 11) is -3.54. The molecule has 0 heterocycles. The molecule has 0 amide bonds. The highest BCUT2D eigenvalue weighted by atomic mass is 32.2. The van der Waals surface area contributed by atoms with Gasteiger partial charge in [0.25, 0.3) is 0 Å². The van der Waals surface area contributed by atoms with Crippen LogP contribution in [0.4, 0.5) is 10.1 Å². The Balaban J connectivity index is 1.67. The van der Waals surface area contributed by atoms with Crippen molar-refractivity contribution in [3.8, 4) is 0 Å². The predicted octanol–water partition coefficient (Wildman–Crippen LogP) is 3.95. The summed E-state index contributed by atoms with van der Waals surface area (Å²) < 4.78 is 38.8. The molecule has 0 aromatic heterocycles. The van der Waals surface area contributed by atoms with Crippen LogP contribution in [-0.2, 0) is 16.6 Å². The average Bonchev–Trinajstić information content (AvgIpc) is 2.72. The SMILES string of the molecule is CS(=O)(=O)Nc1ccc(CNC(=S)NC(c2ccccc2)c2ccccc2)cc1F. The van der Waals surface area contributed by atoms with Crippen molar-refractivity contribution >= 4 is 33.0 Å². The van der Waals surface area contributed by atoms with E-state index in [1.165, 1.54) is 12.1 Å². The van der Waals surface area contributed by atoms with Gasteiger partial charge in [0.1, 0.15) is 5.82 Å². The van der Waals surface area contributed by atoms with Crippen molar-refractivity contribution in [3.05, 3.63) is 101 Å². The molecule has 0 aliphatic heterocycles. The molecular weight excluding hydrogens is 421 g/mol. The first-order valence-electron chi connectivity index (χ1n) is 9.22. The number of hydrogen-bond acceptors (Lipinski definition) is 3. The molecule has 3 N–H and O–H groups in total. The summed E-state index contributed by atoms with van der Waals surface area (Å²) >= 11 is 5.45. The molecule has 0 aliphatic carbocycles. The van der Waals surface area contributed by atoms with E-state index in [-0.39, 0.29) is 18.3 Å². The van der Waals surface area contributed by atoms with Crippen LogP contribution in [0.25, 0.3) is 0 Å². The normalized spacial score (nSPS) is 11.2. The van der Waals surface area contributed by atoms with Crippen LogP contribution in [0.2, 0.25) is 0 Å². The smallest absolute Gasteiger partial charge is 0.229 e. The van der Waals surface area contributed by atoms with Crippen molar-refractivity contribution in [3.63, 3.8) is 0 Å². The molecule has 0 bridgehead atoms. The Kier molecular flexibility index (Phi) is 7.02. The van der Waals surface area contributed by atoms with Gasteiger partial charge in [-0.15, -0.1) is 0 Å². The highest BCUT2D eigenvalue weighted by Crippen LogP contribution is 2.22. The summed E-state index contributed by atoms with van der Waals surface area (Å²) in [4.78, 5) is 0.